The Hall–Kier alpha value is -1.66. The van der Waals surface area contributed by atoms with E-state index in [-0.39, 0.29) is 6.10 Å². The SMILES string of the molecule is Cc1cc(Cl)ccc1OC(C)c1nn2c(C3CC3)nnc2s1. The van der Waals surface area contributed by atoms with Crippen LogP contribution in [-0.2, 0) is 0 Å². The monoisotopic (exact) mass is 334 g/mol. The zero-order chi connectivity index (χ0) is 15.3. The number of nitrogens with zero attached hydrogens (tertiary/aromatic N) is 4. The Morgan fingerprint density at radius 2 is 2.18 bits per heavy atom. The molecule has 0 bridgehead atoms. The van der Waals surface area contributed by atoms with E-state index in [1.165, 1.54) is 24.2 Å². The molecular weight excluding hydrogens is 320 g/mol. The largest absolute Gasteiger partial charge is 0.483 e. The Morgan fingerprint density at radius 1 is 1.36 bits per heavy atom. The van der Waals surface area contributed by atoms with E-state index in [9.17, 15) is 0 Å². The molecule has 1 aromatic carbocycles. The van der Waals surface area contributed by atoms with Gasteiger partial charge in [-0.15, -0.1) is 10.2 Å². The first-order chi connectivity index (χ1) is 10.6. The lowest BCUT2D eigenvalue weighted by Crippen LogP contribution is -2.05. The van der Waals surface area contributed by atoms with Gasteiger partial charge in [0.2, 0.25) is 4.96 Å². The summed E-state index contributed by atoms with van der Waals surface area (Å²) in [6, 6.07) is 5.62. The van der Waals surface area contributed by atoms with E-state index in [1.807, 2.05) is 36.6 Å². The molecule has 5 nitrogen and oxygen atoms in total. The van der Waals surface area contributed by atoms with Crippen molar-refractivity contribution in [2.75, 3.05) is 0 Å². The van der Waals surface area contributed by atoms with Crippen LogP contribution in [0.3, 0.4) is 0 Å². The highest BCUT2D eigenvalue weighted by atomic mass is 35.5. The smallest absolute Gasteiger partial charge is 0.234 e. The van der Waals surface area contributed by atoms with E-state index in [4.69, 9.17) is 16.3 Å². The van der Waals surface area contributed by atoms with E-state index in [1.54, 1.807) is 0 Å². The fourth-order valence-electron chi connectivity index (χ4n) is 2.39. The van der Waals surface area contributed by atoms with Crippen LogP contribution in [0.25, 0.3) is 4.96 Å². The van der Waals surface area contributed by atoms with Crippen molar-refractivity contribution in [2.24, 2.45) is 0 Å². The number of halogens is 1. The van der Waals surface area contributed by atoms with Crippen molar-refractivity contribution in [1.82, 2.24) is 19.8 Å². The average Bonchev–Trinajstić information content (AvgIpc) is 3.10. The maximum atomic E-state index is 6.03. The van der Waals surface area contributed by atoms with E-state index in [0.717, 1.165) is 27.1 Å². The van der Waals surface area contributed by atoms with Crippen molar-refractivity contribution in [2.45, 2.75) is 38.7 Å². The van der Waals surface area contributed by atoms with Gasteiger partial charge in [0, 0.05) is 10.9 Å². The van der Waals surface area contributed by atoms with E-state index < -0.39 is 0 Å². The van der Waals surface area contributed by atoms with Crippen LogP contribution < -0.4 is 4.74 Å². The van der Waals surface area contributed by atoms with Gasteiger partial charge < -0.3 is 4.74 Å². The maximum Gasteiger partial charge on any atom is 0.234 e. The van der Waals surface area contributed by atoms with Crippen LogP contribution in [0, 0.1) is 6.92 Å². The Morgan fingerprint density at radius 3 is 2.91 bits per heavy atom. The fourth-order valence-corrected chi connectivity index (χ4v) is 3.45. The molecule has 4 rings (SSSR count). The second-order valence-corrected chi connectivity index (χ2v) is 7.06. The molecule has 0 amide bonds. The summed E-state index contributed by atoms with van der Waals surface area (Å²) in [5.41, 5.74) is 1.01. The minimum Gasteiger partial charge on any atom is -0.483 e. The molecule has 1 unspecified atom stereocenters. The summed E-state index contributed by atoms with van der Waals surface area (Å²) >= 11 is 7.50. The Bertz CT molecular complexity index is 839. The van der Waals surface area contributed by atoms with Gasteiger partial charge in [0.25, 0.3) is 0 Å². The van der Waals surface area contributed by atoms with E-state index in [2.05, 4.69) is 15.3 Å². The van der Waals surface area contributed by atoms with Crippen molar-refractivity contribution in [3.05, 3.63) is 39.6 Å². The predicted octanol–water partition coefficient (Wildman–Crippen LogP) is 4.17. The highest BCUT2D eigenvalue weighted by Crippen LogP contribution is 2.39. The fraction of sp³-hybridized carbons (Fsp3) is 0.400. The first kappa shape index (κ1) is 14.0. The molecule has 114 valence electrons. The molecule has 1 saturated carbocycles. The first-order valence-corrected chi connectivity index (χ1v) is 8.46. The summed E-state index contributed by atoms with van der Waals surface area (Å²) in [7, 11) is 0. The standard InChI is InChI=1S/C15H15ClN4OS/c1-8-7-11(16)5-6-12(8)21-9(2)14-19-20-13(10-3-4-10)17-18-15(20)22-14/h5-7,9-10H,3-4H2,1-2H3. The third kappa shape index (κ3) is 2.46. The molecule has 7 heteroatoms. The van der Waals surface area contributed by atoms with Gasteiger partial charge in [0.1, 0.15) is 11.9 Å². The summed E-state index contributed by atoms with van der Waals surface area (Å²) in [5, 5.41) is 14.7. The van der Waals surface area contributed by atoms with Gasteiger partial charge in [0.15, 0.2) is 10.8 Å². The number of fused-ring (bicyclic) bond motifs is 1. The lowest BCUT2D eigenvalue weighted by Gasteiger charge is -2.14. The first-order valence-electron chi connectivity index (χ1n) is 7.26. The zero-order valence-corrected chi connectivity index (χ0v) is 13.9. The highest BCUT2D eigenvalue weighted by Gasteiger charge is 2.30. The summed E-state index contributed by atoms with van der Waals surface area (Å²) < 4.78 is 7.90. The molecule has 2 aromatic heterocycles. The van der Waals surface area contributed by atoms with Gasteiger partial charge in [-0.2, -0.15) is 9.61 Å². The Balaban J connectivity index is 1.60. The van der Waals surface area contributed by atoms with Gasteiger partial charge in [0.05, 0.1) is 0 Å². The third-order valence-electron chi connectivity index (χ3n) is 3.76. The summed E-state index contributed by atoms with van der Waals surface area (Å²) in [5.74, 6) is 2.33. The number of aryl methyl sites for hydroxylation is 1. The third-order valence-corrected chi connectivity index (χ3v) is 5.06. The van der Waals surface area contributed by atoms with Crippen molar-refractivity contribution in [1.29, 1.82) is 0 Å². The molecule has 1 aliphatic rings. The van der Waals surface area contributed by atoms with Crippen LogP contribution in [0.4, 0.5) is 0 Å². The molecular formula is C15H15ClN4OS. The number of benzene rings is 1. The lowest BCUT2D eigenvalue weighted by molar-refractivity contribution is 0.223. The van der Waals surface area contributed by atoms with Crippen molar-refractivity contribution < 1.29 is 4.74 Å². The molecule has 0 aliphatic heterocycles. The topological polar surface area (TPSA) is 52.3 Å². The van der Waals surface area contributed by atoms with Gasteiger partial charge in [-0.1, -0.05) is 22.9 Å². The molecule has 2 heterocycles. The van der Waals surface area contributed by atoms with Gasteiger partial charge in [-0.05, 0) is 50.5 Å². The van der Waals surface area contributed by atoms with Crippen LogP contribution in [0.15, 0.2) is 18.2 Å². The predicted molar refractivity (Wildman–Crippen MR) is 85.9 cm³/mol. The van der Waals surface area contributed by atoms with E-state index >= 15 is 0 Å². The normalized spacial score (nSPS) is 16.1. The summed E-state index contributed by atoms with van der Waals surface area (Å²) in [6.45, 7) is 3.98. The molecule has 1 fully saturated rings. The molecule has 1 atom stereocenters. The average molecular weight is 335 g/mol. The molecule has 22 heavy (non-hydrogen) atoms. The summed E-state index contributed by atoms with van der Waals surface area (Å²) in [6.07, 6.45) is 2.23. The minimum absolute atomic E-state index is 0.140. The van der Waals surface area contributed by atoms with Gasteiger partial charge in [-0.25, -0.2) is 0 Å². The van der Waals surface area contributed by atoms with Crippen LogP contribution in [0.1, 0.15) is 48.2 Å². The van der Waals surface area contributed by atoms with Gasteiger partial charge >= 0.3 is 0 Å². The maximum absolute atomic E-state index is 6.03. The molecule has 0 radical (unpaired) electrons. The number of hydrogen-bond donors (Lipinski definition) is 0. The zero-order valence-electron chi connectivity index (χ0n) is 12.3. The molecule has 1 aliphatic carbocycles. The number of ether oxygens (including phenoxy) is 1. The second kappa shape index (κ2) is 5.21. The molecule has 0 saturated heterocycles. The molecule has 0 spiro atoms. The Labute approximate surface area is 136 Å². The summed E-state index contributed by atoms with van der Waals surface area (Å²) in [4.78, 5) is 0.833. The number of hydrogen-bond acceptors (Lipinski definition) is 5. The molecule has 3 aromatic rings. The van der Waals surface area contributed by atoms with Crippen molar-refractivity contribution in [3.63, 3.8) is 0 Å². The van der Waals surface area contributed by atoms with Crippen LogP contribution in [-0.4, -0.2) is 19.8 Å². The second-order valence-electron chi connectivity index (χ2n) is 5.64. The van der Waals surface area contributed by atoms with Crippen molar-refractivity contribution in [3.8, 4) is 5.75 Å². The van der Waals surface area contributed by atoms with Crippen LogP contribution >= 0.6 is 22.9 Å². The van der Waals surface area contributed by atoms with Crippen LogP contribution in [0.5, 0.6) is 5.75 Å². The quantitative estimate of drug-likeness (QED) is 0.718. The van der Waals surface area contributed by atoms with Crippen LogP contribution in [0.2, 0.25) is 5.02 Å². The molecule has 0 N–H and O–H groups in total. The lowest BCUT2D eigenvalue weighted by atomic mass is 10.2. The van der Waals surface area contributed by atoms with E-state index in [0.29, 0.717) is 10.9 Å². The number of rotatable bonds is 4. The minimum atomic E-state index is -0.140. The number of aromatic nitrogens is 4. The van der Waals surface area contributed by atoms with Crippen molar-refractivity contribution >= 4 is 27.9 Å². The highest BCUT2D eigenvalue weighted by molar-refractivity contribution is 7.16. The Kier molecular flexibility index (Phi) is 3.31. The van der Waals surface area contributed by atoms with Gasteiger partial charge in [-0.3, -0.25) is 0 Å².